The third-order valence-electron chi connectivity index (χ3n) is 7.97. The number of hydrogen-bond acceptors (Lipinski definition) is 0. The molecule has 0 saturated carbocycles. The smallest absolute Gasteiger partial charge is 0.0547 e. The maximum Gasteiger partial charge on any atom is 0.0547 e. The number of fused-ring (bicyclic) bond motifs is 6. The van der Waals surface area contributed by atoms with Gasteiger partial charge in [-0.05, 0) is 80.2 Å². The molecule has 8 aromatic rings. The highest BCUT2D eigenvalue weighted by Crippen LogP contribution is 2.39. The van der Waals surface area contributed by atoms with E-state index in [1.165, 1.54) is 71.3 Å². The Morgan fingerprint density at radius 2 is 0.949 bits per heavy atom. The first-order chi connectivity index (χ1) is 19.3. The Labute approximate surface area is 227 Å². The molecule has 0 atom stereocenters. The zero-order valence-electron chi connectivity index (χ0n) is 21.4. The van der Waals surface area contributed by atoms with Crippen molar-refractivity contribution in [3.05, 3.63) is 152 Å². The summed E-state index contributed by atoms with van der Waals surface area (Å²) in [5, 5.41) is 7.66. The molecule has 1 aromatic heterocycles. The number of para-hydroxylation sites is 1. The average molecular weight is 496 g/mol. The first kappa shape index (κ1) is 21.9. The summed E-state index contributed by atoms with van der Waals surface area (Å²) in [5.41, 5.74) is 8.57. The van der Waals surface area contributed by atoms with Gasteiger partial charge in [0.05, 0.1) is 11.0 Å². The van der Waals surface area contributed by atoms with Gasteiger partial charge in [0.2, 0.25) is 0 Å². The average Bonchev–Trinajstić information content (AvgIpc) is 3.36. The van der Waals surface area contributed by atoms with Crippen LogP contribution in [0.5, 0.6) is 0 Å². The van der Waals surface area contributed by atoms with E-state index >= 15 is 0 Å². The Bertz CT molecular complexity index is 2150. The molecule has 0 amide bonds. The number of rotatable bonds is 3. The molecular formula is C38H25N. The normalized spacial score (nSPS) is 11.6. The van der Waals surface area contributed by atoms with E-state index in [1.54, 1.807) is 0 Å². The molecular weight excluding hydrogens is 470 g/mol. The molecule has 7 aromatic carbocycles. The Kier molecular flexibility index (Phi) is 4.89. The molecule has 0 aliphatic heterocycles. The number of hydrogen-bond donors (Lipinski definition) is 0. The van der Waals surface area contributed by atoms with Crippen LogP contribution in [0.25, 0.3) is 71.3 Å². The van der Waals surface area contributed by atoms with Crippen LogP contribution in [-0.2, 0) is 0 Å². The molecule has 0 aliphatic rings. The zero-order valence-corrected chi connectivity index (χ0v) is 21.4. The Morgan fingerprint density at radius 3 is 1.79 bits per heavy atom. The first-order valence-electron chi connectivity index (χ1n) is 13.4. The molecule has 0 radical (unpaired) electrons. The Morgan fingerprint density at radius 1 is 0.333 bits per heavy atom. The second kappa shape index (κ2) is 8.72. The van der Waals surface area contributed by atoms with Crippen molar-refractivity contribution >= 4 is 43.4 Å². The van der Waals surface area contributed by atoms with Crippen molar-refractivity contribution in [2.24, 2.45) is 0 Å². The van der Waals surface area contributed by atoms with Gasteiger partial charge in [0.1, 0.15) is 0 Å². The fourth-order valence-electron chi connectivity index (χ4n) is 6.05. The predicted molar refractivity (Wildman–Crippen MR) is 167 cm³/mol. The summed E-state index contributed by atoms with van der Waals surface area (Å²) in [5.74, 6) is 0. The quantitative estimate of drug-likeness (QED) is 0.230. The molecule has 0 unspecified atom stereocenters. The molecule has 0 aliphatic carbocycles. The van der Waals surface area contributed by atoms with E-state index in [2.05, 4.69) is 156 Å². The molecule has 0 spiro atoms. The SMILES string of the molecule is c1ccc(-c2ccc(-n3c4ccccc4c4c5cc(-c6ccc7ccccc7c6)ccc5ccc43)cc2)cc1. The lowest BCUT2D eigenvalue weighted by atomic mass is 9.96. The van der Waals surface area contributed by atoms with E-state index in [9.17, 15) is 0 Å². The maximum atomic E-state index is 2.40. The van der Waals surface area contributed by atoms with Gasteiger partial charge in [-0.3, -0.25) is 0 Å². The lowest BCUT2D eigenvalue weighted by molar-refractivity contribution is 1.18. The highest BCUT2D eigenvalue weighted by molar-refractivity contribution is 6.21. The van der Waals surface area contributed by atoms with Crippen LogP contribution in [0.15, 0.2) is 152 Å². The molecule has 39 heavy (non-hydrogen) atoms. The fraction of sp³-hybridized carbons (Fsp3) is 0. The lowest BCUT2D eigenvalue weighted by Gasteiger charge is -2.10. The first-order valence-corrected chi connectivity index (χ1v) is 13.4. The fourth-order valence-corrected chi connectivity index (χ4v) is 6.05. The highest BCUT2D eigenvalue weighted by atomic mass is 15.0. The van der Waals surface area contributed by atoms with Gasteiger partial charge in [-0.2, -0.15) is 0 Å². The highest BCUT2D eigenvalue weighted by Gasteiger charge is 2.15. The molecule has 1 nitrogen and oxygen atoms in total. The van der Waals surface area contributed by atoms with Gasteiger partial charge < -0.3 is 4.57 Å². The van der Waals surface area contributed by atoms with Gasteiger partial charge in [0.15, 0.2) is 0 Å². The van der Waals surface area contributed by atoms with Gasteiger partial charge in [0.25, 0.3) is 0 Å². The van der Waals surface area contributed by atoms with Crippen molar-refractivity contribution in [3.8, 4) is 27.9 Å². The molecule has 8 rings (SSSR count). The van der Waals surface area contributed by atoms with E-state index < -0.39 is 0 Å². The van der Waals surface area contributed by atoms with E-state index in [0.717, 1.165) is 0 Å². The molecule has 0 fully saturated rings. The van der Waals surface area contributed by atoms with E-state index in [1.807, 2.05) is 0 Å². The van der Waals surface area contributed by atoms with Crippen LogP contribution in [0.3, 0.4) is 0 Å². The topological polar surface area (TPSA) is 4.93 Å². The van der Waals surface area contributed by atoms with Crippen molar-refractivity contribution in [1.82, 2.24) is 4.57 Å². The molecule has 1 heterocycles. The molecule has 182 valence electrons. The Balaban J connectivity index is 1.35. The molecule has 0 N–H and O–H groups in total. The van der Waals surface area contributed by atoms with Gasteiger partial charge in [-0.1, -0.05) is 115 Å². The largest absolute Gasteiger partial charge is 0.309 e. The molecule has 0 bridgehead atoms. The predicted octanol–water partition coefficient (Wildman–Crippen LogP) is 10.4. The van der Waals surface area contributed by atoms with Crippen LogP contribution in [0, 0.1) is 0 Å². The summed E-state index contributed by atoms with van der Waals surface area (Å²) in [6, 6.07) is 55.0. The van der Waals surface area contributed by atoms with Gasteiger partial charge in [-0.25, -0.2) is 0 Å². The second-order valence-electron chi connectivity index (χ2n) is 10.2. The third kappa shape index (κ3) is 3.55. The summed E-state index contributed by atoms with van der Waals surface area (Å²) in [6.45, 7) is 0. The van der Waals surface area contributed by atoms with Crippen LogP contribution in [0.1, 0.15) is 0 Å². The van der Waals surface area contributed by atoms with Crippen molar-refractivity contribution in [1.29, 1.82) is 0 Å². The van der Waals surface area contributed by atoms with Crippen LogP contribution in [0.2, 0.25) is 0 Å². The van der Waals surface area contributed by atoms with Crippen LogP contribution in [-0.4, -0.2) is 4.57 Å². The molecule has 0 saturated heterocycles. The van der Waals surface area contributed by atoms with E-state index in [4.69, 9.17) is 0 Å². The van der Waals surface area contributed by atoms with Crippen LogP contribution >= 0.6 is 0 Å². The standard InChI is InChI=1S/C38H25N/c1-2-8-26(9-3-1)28-18-21-33(22-19-28)39-36-13-7-6-12-34(36)38-35-25-32(17-15-29(35)20-23-37(38)39)31-16-14-27-10-4-5-11-30(27)24-31/h1-25H. The summed E-state index contributed by atoms with van der Waals surface area (Å²) in [4.78, 5) is 0. The molecule has 1 heteroatoms. The monoisotopic (exact) mass is 495 g/mol. The van der Waals surface area contributed by atoms with Crippen molar-refractivity contribution in [3.63, 3.8) is 0 Å². The lowest BCUT2D eigenvalue weighted by Crippen LogP contribution is -1.93. The van der Waals surface area contributed by atoms with Crippen molar-refractivity contribution < 1.29 is 0 Å². The van der Waals surface area contributed by atoms with E-state index in [0.29, 0.717) is 0 Å². The summed E-state index contributed by atoms with van der Waals surface area (Å²) in [6.07, 6.45) is 0. The van der Waals surface area contributed by atoms with Crippen LogP contribution in [0.4, 0.5) is 0 Å². The van der Waals surface area contributed by atoms with Crippen LogP contribution < -0.4 is 0 Å². The zero-order chi connectivity index (χ0) is 25.8. The van der Waals surface area contributed by atoms with Crippen molar-refractivity contribution in [2.75, 3.05) is 0 Å². The minimum absolute atomic E-state index is 1.17. The van der Waals surface area contributed by atoms with Crippen molar-refractivity contribution in [2.45, 2.75) is 0 Å². The maximum absolute atomic E-state index is 2.40. The number of nitrogens with zero attached hydrogens (tertiary/aromatic N) is 1. The Hall–Kier alpha value is -5.14. The van der Waals surface area contributed by atoms with E-state index in [-0.39, 0.29) is 0 Å². The summed E-state index contributed by atoms with van der Waals surface area (Å²) in [7, 11) is 0. The van der Waals surface area contributed by atoms with Gasteiger partial charge in [0, 0.05) is 16.5 Å². The third-order valence-corrected chi connectivity index (χ3v) is 7.97. The number of benzene rings is 7. The van der Waals surface area contributed by atoms with Gasteiger partial charge >= 0.3 is 0 Å². The minimum Gasteiger partial charge on any atom is -0.309 e. The summed E-state index contributed by atoms with van der Waals surface area (Å²) < 4.78 is 2.40. The van der Waals surface area contributed by atoms with Gasteiger partial charge in [-0.15, -0.1) is 0 Å². The second-order valence-corrected chi connectivity index (χ2v) is 10.2. The number of aromatic nitrogens is 1. The summed E-state index contributed by atoms with van der Waals surface area (Å²) >= 11 is 0. The minimum atomic E-state index is 1.17.